The summed E-state index contributed by atoms with van der Waals surface area (Å²) < 4.78 is 43.2. The number of carboxylic acids is 1. The number of fused-ring (bicyclic) bond motifs is 1. The molecule has 5 atom stereocenters. The van der Waals surface area contributed by atoms with E-state index in [1.165, 1.54) is 6.92 Å². The van der Waals surface area contributed by atoms with Gasteiger partial charge in [0.15, 0.2) is 0 Å². The van der Waals surface area contributed by atoms with Crippen molar-refractivity contribution in [2.75, 3.05) is 33.0 Å². The summed E-state index contributed by atoms with van der Waals surface area (Å²) in [4.78, 5) is 47.0. The van der Waals surface area contributed by atoms with Crippen LogP contribution >= 0.6 is 0 Å². The lowest BCUT2D eigenvalue weighted by Gasteiger charge is -2.22. The predicted octanol–water partition coefficient (Wildman–Crippen LogP) is 0.343. The van der Waals surface area contributed by atoms with E-state index in [0.717, 1.165) is 25.7 Å². The minimum absolute atomic E-state index is 0.0615. The Labute approximate surface area is 228 Å². The Kier molecular flexibility index (Phi) is 12.8. The second-order valence-electron chi connectivity index (χ2n) is 9.70. The summed E-state index contributed by atoms with van der Waals surface area (Å²) in [5.74, 6) is 5.17. The molecule has 1 saturated carbocycles. The second-order valence-corrected chi connectivity index (χ2v) is 11.2. The second kappa shape index (κ2) is 15.5. The zero-order chi connectivity index (χ0) is 29.0. The fraction of sp³-hybridized carbons (Fsp3) is 0.750. The number of hydrogen-bond acceptors (Lipinski definition) is 9. The highest BCUT2D eigenvalue weighted by molar-refractivity contribution is 7.88. The lowest BCUT2D eigenvalue weighted by Crippen LogP contribution is -2.53. The molecular formula is C24H38N4O10S. The highest BCUT2D eigenvalue weighted by atomic mass is 32.2. The number of aliphatic carboxylic acids is 1. The maximum atomic E-state index is 12.2. The van der Waals surface area contributed by atoms with E-state index in [-0.39, 0.29) is 44.8 Å². The van der Waals surface area contributed by atoms with Crippen LogP contribution in [0, 0.1) is 35.5 Å². The van der Waals surface area contributed by atoms with E-state index in [2.05, 4.69) is 27.2 Å². The monoisotopic (exact) mass is 574 g/mol. The predicted molar refractivity (Wildman–Crippen MR) is 137 cm³/mol. The van der Waals surface area contributed by atoms with Crippen LogP contribution in [-0.4, -0.2) is 82.6 Å². The number of carbonyl (C=O) groups is 4. The third kappa shape index (κ3) is 11.7. The van der Waals surface area contributed by atoms with Crippen LogP contribution < -0.4 is 20.1 Å². The molecule has 15 heteroatoms. The van der Waals surface area contributed by atoms with Crippen molar-refractivity contribution in [2.24, 2.45) is 23.7 Å². The van der Waals surface area contributed by atoms with Crippen molar-refractivity contribution in [3.63, 3.8) is 0 Å². The van der Waals surface area contributed by atoms with Crippen molar-refractivity contribution < 1.29 is 46.9 Å². The minimum Gasteiger partial charge on any atom is -0.480 e. The summed E-state index contributed by atoms with van der Waals surface area (Å²) in [5.41, 5.74) is 0. The number of amides is 3. The third-order valence-corrected chi connectivity index (χ3v) is 7.43. The number of hydrogen-bond donors (Lipinski definition) is 5. The van der Waals surface area contributed by atoms with Gasteiger partial charge in [0, 0.05) is 19.4 Å². The Balaban J connectivity index is 1.55. The van der Waals surface area contributed by atoms with E-state index in [4.69, 9.17) is 19.3 Å². The lowest BCUT2D eigenvalue weighted by molar-refractivity contribution is -0.141. The molecule has 5 N–H and O–H groups in total. The molecule has 1 fully saturated rings. The van der Waals surface area contributed by atoms with Gasteiger partial charge in [-0.15, -0.1) is 11.8 Å². The Bertz CT molecular complexity index is 1020. The van der Waals surface area contributed by atoms with Gasteiger partial charge in [-0.2, -0.15) is 13.1 Å². The lowest BCUT2D eigenvalue weighted by atomic mass is 10.0. The van der Waals surface area contributed by atoms with Crippen LogP contribution in [0.1, 0.15) is 46.5 Å². The average Bonchev–Trinajstić information content (AvgIpc) is 3.48. The number of rotatable bonds is 15. The SMILES string of the molecule is CC(C)[C@H](NC(=O)OCCOCCNS(=O)(=O)NC(=O)OCC1[C@H]2CCC#CCC[C@@H]12)C(=O)N[C@@H](C)C(=O)O. The number of carbonyl (C=O) groups excluding carboxylic acids is 3. The summed E-state index contributed by atoms with van der Waals surface area (Å²) >= 11 is 0. The summed E-state index contributed by atoms with van der Waals surface area (Å²) in [6.45, 7) is 4.34. The zero-order valence-corrected chi connectivity index (χ0v) is 23.2. The van der Waals surface area contributed by atoms with Gasteiger partial charge in [0.05, 0.1) is 19.8 Å². The first-order chi connectivity index (χ1) is 18.4. The molecule has 14 nitrogen and oxygen atoms in total. The van der Waals surface area contributed by atoms with E-state index in [9.17, 15) is 27.6 Å². The molecule has 39 heavy (non-hydrogen) atoms. The van der Waals surface area contributed by atoms with Crippen LogP contribution in [0.15, 0.2) is 0 Å². The van der Waals surface area contributed by atoms with Crippen molar-refractivity contribution in [1.82, 2.24) is 20.1 Å². The number of alkyl carbamates (subject to hydrolysis) is 1. The van der Waals surface area contributed by atoms with Gasteiger partial charge < -0.3 is 30.0 Å². The maximum Gasteiger partial charge on any atom is 0.421 e. The van der Waals surface area contributed by atoms with Gasteiger partial charge in [-0.05, 0) is 43.4 Å². The highest BCUT2D eigenvalue weighted by Crippen LogP contribution is 2.52. The molecule has 0 bridgehead atoms. The number of carboxylic acid groups (broad SMARTS) is 1. The zero-order valence-electron chi connectivity index (χ0n) is 22.4. The Morgan fingerprint density at radius 1 is 0.923 bits per heavy atom. The Morgan fingerprint density at radius 2 is 1.56 bits per heavy atom. The molecular weight excluding hydrogens is 536 g/mol. The van der Waals surface area contributed by atoms with Crippen LogP contribution in [0.4, 0.5) is 9.59 Å². The van der Waals surface area contributed by atoms with Crippen molar-refractivity contribution in [3.8, 4) is 11.8 Å². The Hall–Kier alpha value is -3.09. The van der Waals surface area contributed by atoms with Gasteiger partial charge in [0.2, 0.25) is 5.91 Å². The summed E-state index contributed by atoms with van der Waals surface area (Å²) in [6, 6.07) is -2.13. The van der Waals surface area contributed by atoms with Crippen LogP contribution in [0.3, 0.4) is 0 Å². The molecule has 0 spiro atoms. The molecule has 2 rings (SSSR count). The quantitative estimate of drug-likeness (QED) is 0.134. The van der Waals surface area contributed by atoms with Crippen LogP contribution in [0.5, 0.6) is 0 Å². The van der Waals surface area contributed by atoms with Gasteiger partial charge in [-0.1, -0.05) is 13.8 Å². The van der Waals surface area contributed by atoms with Crippen LogP contribution in [0.2, 0.25) is 0 Å². The molecule has 2 aliphatic rings. The van der Waals surface area contributed by atoms with Gasteiger partial charge in [0.25, 0.3) is 0 Å². The fourth-order valence-electron chi connectivity index (χ4n) is 4.24. The summed E-state index contributed by atoms with van der Waals surface area (Å²) in [7, 11) is -4.14. The van der Waals surface area contributed by atoms with Gasteiger partial charge in [0.1, 0.15) is 18.7 Å². The summed E-state index contributed by atoms with van der Waals surface area (Å²) in [5, 5.41) is 13.6. The average molecular weight is 575 g/mol. The molecule has 0 aromatic carbocycles. The molecule has 0 aromatic rings. The molecule has 0 aromatic heterocycles. The smallest absolute Gasteiger partial charge is 0.421 e. The van der Waals surface area contributed by atoms with Crippen molar-refractivity contribution in [1.29, 1.82) is 0 Å². The Morgan fingerprint density at radius 3 is 2.15 bits per heavy atom. The molecule has 0 saturated heterocycles. The van der Waals surface area contributed by atoms with Gasteiger partial charge >= 0.3 is 28.4 Å². The van der Waals surface area contributed by atoms with Crippen molar-refractivity contribution in [3.05, 3.63) is 0 Å². The summed E-state index contributed by atoms with van der Waals surface area (Å²) in [6.07, 6.45) is 1.64. The van der Waals surface area contributed by atoms with Gasteiger partial charge in [-0.3, -0.25) is 9.59 Å². The largest absolute Gasteiger partial charge is 0.480 e. The first-order valence-electron chi connectivity index (χ1n) is 12.9. The van der Waals surface area contributed by atoms with Crippen LogP contribution in [0.25, 0.3) is 0 Å². The van der Waals surface area contributed by atoms with Crippen molar-refractivity contribution >= 4 is 34.3 Å². The van der Waals surface area contributed by atoms with E-state index < -0.39 is 46.4 Å². The topological polar surface area (TPSA) is 198 Å². The number of nitrogens with one attached hydrogen (secondary N) is 4. The van der Waals surface area contributed by atoms with Crippen molar-refractivity contribution in [2.45, 2.75) is 58.5 Å². The van der Waals surface area contributed by atoms with Gasteiger partial charge in [-0.25, -0.2) is 14.3 Å². The first-order valence-corrected chi connectivity index (χ1v) is 14.3. The third-order valence-electron chi connectivity index (χ3n) is 6.41. The van der Waals surface area contributed by atoms with E-state index in [1.807, 2.05) is 0 Å². The molecule has 0 radical (unpaired) electrons. The fourth-order valence-corrected chi connectivity index (χ4v) is 4.94. The molecule has 0 aliphatic heterocycles. The first kappa shape index (κ1) is 32.1. The van der Waals surface area contributed by atoms with E-state index in [1.54, 1.807) is 18.6 Å². The standard InChI is InChI=1S/C24H38N4O10S/c1-15(2)20(21(29)26-16(3)22(30)31)27-23(32)37-13-12-36-11-10-25-39(34,35)28-24(33)38-14-19-17-8-6-4-5-7-9-18(17)19/h15-20,25H,6-14H2,1-3H3,(H,26,29)(H,27,32)(H,28,33)(H,30,31)/t16-,17-,18+,19?,20-/m0/s1. The molecule has 2 aliphatic carbocycles. The van der Waals surface area contributed by atoms with Crippen LogP contribution in [-0.2, 0) is 34.0 Å². The normalized spacial score (nSPS) is 21.5. The minimum atomic E-state index is -4.14. The van der Waals surface area contributed by atoms with E-state index in [0.29, 0.717) is 11.8 Å². The molecule has 220 valence electrons. The molecule has 1 unspecified atom stereocenters. The number of ether oxygens (including phenoxy) is 3. The molecule has 0 heterocycles. The highest BCUT2D eigenvalue weighted by Gasteiger charge is 2.49. The van der Waals surface area contributed by atoms with E-state index >= 15 is 0 Å². The maximum absolute atomic E-state index is 12.2. The molecule has 3 amide bonds.